The van der Waals surface area contributed by atoms with E-state index in [9.17, 15) is 19.5 Å². The van der Waals surface area contributed by atoms with E-state index in [1.807, 2.05) is 36.2 Å². The smallest absolute Gasteiger partial charge is 0.207 e. The molecule has 30 heavy (non-hydrogen) atoms. The molecule has 1 atom stereocenters. The molecule has 1 amide bonds. The van der Waals surface area contributed by atoms with Crippen molar-refractivity contribution in [3.63, 3.8) is 0 Å². The van der Waals surface area contributed by atoms with Crippen molar-refractivity contribution in [3.8, 4) is 0 Å². The molecular formula is C23H23N3O4. The van der Waals surface area contributed by atoms with Crippen LogP contribution in [-0.2, 0) is 27.3 Å². The fourth-order valence-electron chi connectivity index (χ4n) is 4.26. The standard InChI is InChI=1S/C23H23N3O4/c1-26-11-18-15(8-9-24-13-28)16-4-2-3-5-19(16)25-22(18)20(26)10-17-14(12-27)6-7-21(29)23(17)30/h2-5,10,12-13,23,30H,6-9,11H2,1H3,(H,24,28)/b20-10-. The first-order valence-corrected chi connectivity index (χ1v) is 9.95. The molecule has 0 radical (unpaired) electrons. The number of carbonyl (C=O) groups is 3. The summed E-state index contributed by atoms with van der Waals surface area (Å²) in [6, 6.07) is 7.86. The lowest BCUT2D eigenvalue weighted by molar-refractivity contribution is -0.125. The summed E-state index contributed by atoms with van der Waals surface area (Å²) in [7, 11) is 1.92. The van der Waals surface area contributed by atoms with E-state index in [4.69, 9.17) is 4.98 Å². The normalized spacial score (nSPS) is 20.1. The van der Waals surface area contributed by atoms with Crippen LogP contribution in [0.15, 0.2) is 41.5 Å². The van der Waals surface area contributed by atoms with Gasteiger partial charge in [-0.1, -0.05) is 18.2 Å². The molecule has 2 aliphatic rings. The second-order valence-corrected chi connectivity index (χ2v) is 7.61. The van der Waals surface area contributed by atoms with Crippen molar-refractivity contribution in [3.05, 3.63) is 58.3 Å². The number of pyridine rings is 1. The van der Waals surface area contributed by atoms with Crippen molar-refractivity contribution in [2.75, 3.05) is 13.6 Å². The molecule has 1 unspecified atom stereocenters. The first-order chi connectivity index (χ1) is 14.5. The molecular weight excluding hydrogens is 382 g/mol. The number of benzene rings is 1. The summed E-state index contributed by atoms with van der Waals surface area (Å²) >= 11 is 0. The molecule has 0 bridgehead atoms. The fraction of sp³-hybridized carbons (Fsp3) is 0.304. The number of ketones is 1. The molecule has 1 aliphatic carbocycles. The predicted octanol–water partition coefficient (Wildman–Crippen LogP) is 1.53. The highest BCUT2D eigenvalue weighted by Gasteiger charge is 2.31. The minimum atomic E-state index is -1.29. The van der Waals surface area contributed by atoms with Crippen LogP contribution in [0, 0.1) is 0 Å². The average Bonchev–Trinajstić information content (AvgIpc) is 3.06. The molecule has 7 heteroatoms. The second kappa shape index (κ2) is 8.20. The van der Waals surface area contributed by atoms with Gasteiger partial charge in [-0.25, -0.2) is 4.98 Å². The summed E-state index contributed by atoms with van der Waals surface area (Å²) < 4.78 is 0. The van der Waals surface area contributed by atoms with Crippen molar-refractivity contribution >= 4 is 35.1 Å². The van der Waals surface area contributed by atoms with E-state index >= 15 is 0 Å². The van der Waals surface area contributed by atoms with Gasteiger partial charge in [0, 0.05) is 37.5 Å². The molecule has 2 aromatic rings. The van der Waals surface area contributed by atoms with E-state index in [-0.39, 0.29) is 12.2 Å². The van der Waals surface area contributed by atoms with Crippen LogP contribution in [0.3, 0.4) is 0 Å². The Morgan fingerprint density at radius 3 is 2.83 bits per heavy atom. The number of aldehydes is 1. The van der Waals surface area contributed by atoms with Crippen molar-refractivity contribution in [2.24, 2.45) is 0 Å². The van der Waals surface area contributed by atoms with Gasteiger partial charge in [0.15, 0.2) is 5.78 Å². The molecule has 7 nitrogen and oxygen atoms in total. The molecule has 2 heterocycles. The number of rotatable bonds is 6. The Bertz CT molecular complexity index is 1100. The van der Waals surface area contributed by atoms with Crippen LogP contribution in [0.5, 0.6) is 0 Å². The van der Waals surface area contributed by atoms with E-state index in [1.165, 1.54) is 0 Å². The third-order valence-corrected chi connectivity index (χ3v) is 5.81. The highest BCUT2D eigenvalue weighted by Crippen LogP contribution is 2.37. The Labute approximate surface area is 174 Å². The molecule has 1 aromatic heterocycles. The third-order valence-electron chi connectivity index (χ3n) is 5.81. The molecule has 4 rings (SSSR count). The van der Waals surface area contributed by atoms with Crippen LogP contribution in [-0.4, -0.2) is 53.2 Å². The molecule has 1 aromatic carbocycles. The second-order valence-electron chi connectivity index (χ2n) is 7.61. The Kier molecular flexibility index (Phi) is 5.46. The lowest BCUT2D eigenvalue weighted by atomic mass is 9.88. The largest absolute Gasteiger partial charge is 0.381 e. The molecule has 2 N–H and O–H groups in total. The summed E-state index contributed by atoms with van der Waals surface area (Å²) in [6.07, 6.45) is 3.02. The van der Waals surface area contributed by atoms with E-state index in [2.05, 4.69) is 5.32 Å². The lowest BCUT2D eigenvalue weighted by Gasteiger charge is -2.21. The van der Waals surface area contributed by atoms with Crippen molar-refractivity contribution in [1.29, 1.82) is 0 Å². The Morgan fingerprint density at radius 2 is 2.07 bits per heavy atom. The Balaban J connectivity index is 1.88. The summed E-state index contributed by atoms with van der Waals surface area (Å²) in [5, 5.41) is 14.2. The number of hydrogen-bond donors (Lipinski definition) is 2. The number of para-hydroxylation sites is 1. The monoisotopic (exact) mass is 405 g/mol. The maximum absolute atomic E-state index is 12.0. The van der Waals surface area contributed by atoms with Gasteiger partial charge in [0.25, 0.3) is 0 Å². The van der Waals surface area contributed by atoms with E-state index in [0.29, 0.717) is 43.5 Å². The molecule has 154 valence electrons. The number of allylic oxidation sites excluding steroid dienone is 1. The molecule has 0 saturated heterocycles. The van der Waals surface area contributed by atoms with Crippen molar-refractivity contribution < 1.29 is 19.5 Å². The summed E-state index contributed by atoms with van der Waals surface area (Å²) in [4.78, 5) is 41.2. The van der Waals surface area contributed by atoms with Gasteiger partial charge in [-0.15, -0.1) is 0 Å². The SMILES string of the molecule is CN1Cc2c(nc3ccccc3c2CCNC=O)/C1=C/C1=C(C=O)CCC(=O)C1O. The van der Waals surface area contributed by atoms with E-state index in [0.717, 1.165) is 39.7 Å². The number of fused-ring (bicyclic) bond motifs is 2. The maximum atomic E-state index is 12.0. The van der Waals surface area contributed by atoms with Gasteiger partial charge < -0.3 is 15.3 Å². The highest BCUT2D eigenvalue weighted by molar-refractivity contribution is 5.94. The zero-order valence-electron chi connectivity index (χ0n) is 16.7. The van der Waals surface area contributed by atoms with Gasteiger partial charge in [0.1, 0.15) is 12.4 Å². The van der Waals surface area contributed by atoms with Gasteiger partial charge >= 0.3 is 0 Å². The third kappa shape index (κ3) is 3.41. The maximum Gasteiger partial charge on any atom is 0.207 e. The van der Waals surface area contributed by atoms with Crippen LogP contribution < -0.4 is 5.32 Å². The summed E-state index contributed by atoms with van der Waals surface area (Å²) in [6.45, 7) is 1.13. The predicted molar refractivity (Wildman–Crippen MR) is 112 cm³/mol. The van der Waals surface area contributed by atoms with Gasteiger partial charge in [0.05, 0.1) is 16.9 Å². The quantitative estimate of drug-likeness (QED) is 0.559. The zero-order chi connectivity index (χ0) is 21.3. The minimum Gasteiger partial charge on any atom is -0.381 e. The highest BCUT2D eigenvalue weighted by atomic mass is 16.3. The van der Waals surface area contributed by atoms with Crippen molar-refractivity contribution in [1.82, 2.24) is 15.2 Å². The van der Waals surface area contributed by atoms with E-state index in [1.54, 1.807) is 6.08 Å². The number of aliphatic hydroxyl groups excluding tert-OH is 1. The van der Waals surface area contributed by atoms with E-state index < -0.39 is 6.10 Å². The van der Waals surface area contributed by atoms with Crippen LogP contribution in [0.2, 0.25) is 0 Å². The van der Waals surface area contributed by atoms with Crippen molar-refractivity contribution in [2.45, 2.75) is 31.9 Å². The molecule has 0 fully saturated rings. The number of nitrogens with one attached hydrogen (secondary N) is 1. The minimum absolute atomic E-state index is 0.172. The zero-order valence-corrected chi connectivity index (χ0v) is 16.7. The van der Waals surface area contributed by atoms with Crippen LogP contribution in [0.1, 0.15) is 29.7 Å². The van der Waals surface area contributed by atoms with Gasteiger partial charge in [-0.2, -0.15) is 0 Å². The summed E-state index contributed by atoms with van der Waals surface area (Å²) in [5.41, 5.74) is 5.36. The number of nitrogens with zero attached hydrogens (tertiary/aromatic N) is 2. The first kappa shape index (κ1) is 20.0. The number of aromatic nitrogens is 1. The number of hydrogen-bond acceptors (Lipinski definition) is 6. The number of aliphatic hydroxyl groups is 1. The summed E-state index contributed by atoms with van der Waals surface area (Å²) in [5.74, 6) is -0.277. The van der Waals surface area contributed by atoms with Crippen LogP contribution >= 0.6 is 0 Å². The first-order valence-electron chi connectivity index (χ1n) is 9.95. The van der Waals surface area contributed by atoms with Gasteiger partial charge in [-0.3, -0.25) is 14.4 Å². The Hall–Kier alpha value is -3.32. The molecule has 1 aliphatic heterocycles. The number of Topliss-reactive ketones (excluding diaryl/α,β-unsaturated/α-hetero) is 1. The number of carbonyl (C=O) groups excluding carboxylic acids is 3. The van der Waals surface area contributed by atoms with Gasteiger partial charge in [0.2, 0.25) is 6.41 Å². The fourth-order valence-corrected chi connectivity index (χ4v) is 4.26. The number of amides is 1. The molecule has 0 saturated carbocycles. The average molecular weight is 405 g/mol. The van der Waals surface area contributed by atoms with Crippen LogP contribution in [0.4, 0.5) is 0 Å². The van der Waals surface area contributed by atoms with Crippen LogP contribution in [0.25, 0.3) is 16.6 Å². The topological polar surface area (TPSA) is 99.6 Å². The lowest BCUT2D eigenvalue weighted by Crippen LogP contribution is -2.28. The Morgan fingerprint density at radius 1 is 1.27 bits per heavy atom. The molecule has 0 spiro atoms. The van der Waals surface area contributed by atoms with Gasteiger partial charge in [-0.05, 0) is 41.7 Å².